The van der Waals surface area contributed by atoms with E-state index < -0.39 is 0 Å². The molecule has 0 radical (unpaired) electrons. The Hall–Kier alpha value is -2.96. The van der Waals surface area contributed by atoms with Gasteiger partial charge in [-0.2, -0.15) is 4.98 Å². The zero-order valence-electron chi connectivity index (χ0n) is 13.5. The molecule has 25 heavy (non-hydrogen) atoms. The van der Waals surface area contributed by atoms with Crippen molar-refractivity contribution in [2.24, 2.45) is 0 Å². The Morgan fingerprint density at radius 3 is 2.84 bits per heavy atom. The van der Waals surface area contributed by atoms with E-state index in [2.05, 4.69) is 15.3 Å². The second-order valence-corrected chi connectivity index (χ2v) is 6.06. The standard InChI is InChI=1S/C18H17FN4O2/c19-12-4-5-14-16(11-12)25-18(22-14)23-9-6-13(7-10-23)21-17(24)15-3-1-2-8-20-15/h1-5,8,11,13H,6-7,9-10H2,(H,21,24). The molecule has 2 aromatic heterocycles. The summed E-state index contributed by atoms with van der Waals surface area (Å²) in [4.78, 5) is 22.6. The van der Waals surface area contributed by atoms with Crippen LogP contribution in [0.4, 0.5) is 10.4 Å². The molecule has 1 amide bonds. The number of nitrogens with one attached hydrogen (secondary N) is 1. The highest BCUT2D eigenvalue weighted by Crippen LogP contribution is 2.25. The maximum atomic E-state index is 13.3. The van der Waals surface area contributed by atoms with Crippen molar-refractivity contribution in [3.05, 3.63) is 54.1 Å². The number of oxazole rings is 1. The summed E-state index contributed by atoms with van der Waals surface area (Å²) in [5.74, 6) is -0.498. The zero-order valence-corrected chi connectivity index (χ0v) is 13.5. The van der Waals surface area contributed by atoms with Gasteiger partial charge in [-0.3, -0.25) is 9.78 Å². The van der Waals surface area contributed by atoms with Crippen LogP contribution < -0.4 is 10.2 Å². The highest BCUT2D eigenvalue weighted by Gasteiger charge is 2.24. The highest BCUT2D eigenvalue weighted by molar-refractivity contribution is 5.92. The largest absolute Gasteiger partial charge is 0.423 e. The van der Waals surface area contributed by atoms with Crippen molar-refractivity contribution in [3.63, 3.8) is 0 Å². The average Bonchev–Trinajstić information content (AvgIpc) is 3.06. The summed E-state index contributed by atoms with van der Waals surface area (Å²) >= 11 is 0. The number of halogens is 1. The van der Waals surface area contributed by atoms with Gasteiger partial charge in [-0.25, -0.2) is 4.39 Å². The average molecular weight is 340 g/mol. The minimum Gasteiger partial charge on any atom is -0.423 e. The predicted octanol–water partition coefficient (Wildman–Crippen LogP) is 2.76. The lowest BCUT2D eigenvalue weighted by Gasteiger charge is -2.31. The van der Waals surface area contributed by atoms with Crippen molar-refractivity contribution < 1.29 is 13.6 Å². The summed E-state index contributed by atoms with van der Waals surface area (Å²) in [5, 5.41) is 3.01. The Kier molecular flexibility index (Phi) is 4.05. The Balaban J connectivity index is 1.38. The molecule has 1 saturated heterocycles. The maximum absolute atomic E-state index is 13.3. The fraction of sp³-hybridized carbons (Fsp3) is 0.278. The third-order valence-corrected chi connectivity index (χ3v) is 4.34. The van der Waals surface area contributed by atoms with Gasteiger partial charge in [0.2, 0.25) is 0 Å². The van der Waals surface area contributed by atoms with Crippen molar-refractivity contribution in [2.45, 2.75) is 18.9 Å². The Morgan fingerprint density at radius 1 is 1.24 bits per heavy atom. The number of pyridine rings is 1. The number of hydrogen-bond donors (Lipinski definition) is 1. The van der Waals surface area contributed by atoms with Crippen LogP contribution in [-0.2, 0) is 0 Å². The van der Waals surface area contributed by atoms with Crippen LogP contribution in [0.25, 0.3) is 11.1 Å². The number of amides is 1. The third-order valence-electron chi connectivity index (χ3n) is 4.34. The SMILES string of the molecule is O=C(NC1CCN(c2nc3ccc(F)cc3o2)CC1)c1ccccn1. The molecule has 3 aromatic rings. The van der Waals surface area contributed by atoms with Crippen LogP contribution in [0.15, 0.2) is 47.0 Å². The molecule has 1 N–H and O–H groups in total. The normalized spacial score (nSPS) is 15.5. The van der Waals surface area contributed by atoms with Gasteiger partial charge in [0, 0.05) is 31.4 Å². The summed E-state index contributed by atoms with van der Waals surface area (Å²) in [6.07, 6.45) is 3.17. The quantitative estimate of drug-likeness (QED) is 0.794. The van der Waals surface area contributed by atoms with Crippen LogP contribution in [0.1, 0.15) is 23.3 Å². The van der Waals surface area contributed by atoms with E-state index >= 15 is 0 Å². The van der Waals surface area contributed by atoms with Crippen molar-refractivity contribution >= 4 is 23.0 Å². The minimum atomic E-state index is -0.342. The highest BCUT2D eigenvalue weighted by atomic mass is 19.1. The van der Waals surface area contributed by atoms with E-state index in [1.807, 2.05) is 4.90 Å². The molecule has 0 spiro atoms. The second-order valence-electron chi connectivity index (χ2n) is 6.06. The summed E-state index contributed by atoms with van der Waals surface area (Å²) in [6.45, 7) is 1.42. The molecule has 1 aliphatic rings. The van der Waals surface area contributed by atoms with Crippen molar-refractivity contribution in [1.82, 2.24) is 15.3 Å². The number of benzene rings is 1. The van der Waals surface area contributed by atoms with Crippen LogP contribution in [-0.4, -0.2) is 35.0 Å². The molecular formula is C18H17FN4O2. The molecule has 0 atom stereocenters. The van der Waals surface area contributed by atoms with Gasteiger partial charge in [0.25, 0.3) is 11.9 Å². The van der Waals surface area contributed by atoms with Gasteiger partial charge in [0.1, 0.15) is 17.0 Å². The van der Waals surface area contributed by atoms with Crippen LogP contribution >= 0.6 is 0 Å². The number of piperidine rings is 1. The first-order valence-electron chi connectivity index (χ1n) is 8.22. The predicted molar refractivity (Wildman–Crippen MR) is 90.9 cm³/mol. The van der Waals surface area contributed by atoms with Crippen LogP contribution in [0.3, 0.4) is 0 Å². The van der Waals surface area contributed by atoms with E-state index in [0.717, 1.165) is 12.8 Å². The molecule has 0 unspecified atom stereocenters. The van der Waals surface area contributed by atoms with E-state index in [0.29, 0.717) is 35.9 Å². The first-order valence-corrected chi connectivity index (χ1v) is 8.22. The lowest BCUT2D eigenvalue weighted by molar-refractivity contribution is 0.0926. The number of anilines is 1. The lowest BCUT2D eigenvalue weighted by atomic mass is 10.1. The number of fused-ring (bicyclic) bond motifs is 1. The molecule has 0 aliphatic carbocycles. The summed E-state index contributed by atoms with van der Waals surface area (Å²) < 4.78 is 18.9. The topological polar surface area (TPSA) is 71.3 Å². The van der Waals surface area contributed by atoms with Gasteiger partial charge in [-0.05, 0) is 37.1 Å². The number of carbonyl (C=O) groups excluding carboxylic acids is 1. The summed E-state index contributed by atoms with van der Waals surface area (Å²) in [5.41, 5.74) is 1.51. The van der Waals surface area contributed by atoms with E-state index in [1.165, 1.54) is 12.1 Å². The van der Waals surface area contributed by atoms with Gasteiger partial charge in [0.15, 0.2) is 5.58 Å². The lowest BCUT2D eigenvalue weighted by Crippen LogP contribution is -2.45. The van der Waals surface area contributed by atoms with Crippen molar-refractivity contribution in [3.8, 4) is 0 Å². The summed E-state index contributed by atoms with van der Waals surface area (Å²) in [7, 11) is 0. The van der Waals surface area contributed by atoms with Gasteiger partial charge < -0.3 is 14.6 Å². The van der Waals surface area contributed by atoms with E-state index in [9.17, 15) is 9.18 Å². The molecule has 7 heteroatoms. The zero-order chi connectivity index (χ0) is 17.2. The Morgan fingerprint density at radius 2 is 2.08 bits per heavy atom. The number of carbonyl (C=O) groups is 1. The second kappa shape index (κ2) is 6.51. The molecule has 4 rings (SSSR count). The van der Waals surface area contributed by atoms with E-state index in [1.54, 1.807) is 30.5 Å². The van der Waals surface area contributed by atoms with Crippen molar-refractivity contribution in [1.29, 1.82) is 0 Å². The van der Waals surface area contributed by atoms with Gasteiger partial charge in [-0.1, -0.05) is 6.07 Å². The Labute approximate surface area is 143 Å². The molecule has 0 bridgehead atoms. The maximum Gasteiger partial charge on any atom is 0.298 e. The summed E-state index contributed by atoms with van der Waals surface area (Å²) in [6, 6.07) is 10.2. The van der Waals surface area contributed by atoms with Gasteiger partial charge in [0.05, 0.1) is 0 Å². The smallest absolute Gasteiger partial charge is 0.298 e. The van der Waals surface area contributed by atoms with E-state index in [4.69, 9.17) is 4.42 Å². The first-order chi connectivity index (χ1) is 12.2. The molecule has 1 fully saturated rings. The van der Waals surface area contributed by atoms with Gasteiger partial charge >= 0.3 is 0 Å². The molecular weight excluding hydrogens is 323 g/mol. The fourth-order valence-corrected chi connectivity index (χ4v) is 2.99. The van der Waals surface area contributed by atoms with Crippen LogP contribution in [0, 0.1) is 5.82 Å². The molecule has 6 nitrogen and oxygen atoms in total. The Bertz CT molecular complexity index is 888. The van der Waals surface area contributed by atoms with E-state index in [-0.39, 0.29) is 17.8 Å². The molecule has 128 valence electrons. The molecule has 1 aliphatic heterocycles. The number of hydrogen-bond acceptors (Lipinski definition) is 5. The van der Waals surface area contributed by atoms with Crippen molar-refractivity contribution in [2.75, 3.05) is 18.0 Å². The molecule has 3 heterocycles. The number of aromatic nitrogens is 2. The van der Waals surface area contributed by atoms with Gasteiger partial charge in [-0.15, -0.1) is 0 Å². The first kappa shape index (κ1) is 15.6. The number of nitrogens with zero attached hydrogens (tertiary/aromatic N) is 3. The third kappa shape index (κ3) is 3.31. The number of rotatable bonds is 3. The van der Waals surface area contributed by atoms with Crippen LogP contribution in [0.5, 0.6) is 0 Å². The minimum absolute atomic E-state index is 0.0904. The fourth-order valence-electron chi connectivity index (χ4n) is 2.99. The monoisotopic (exact) mass is 340 g/mol. The molecule has 0 saturated carbocycles. The van der Waals surface area contributed by atoms with Crippen LogP contribution in [0.2, 0.25) is 0 Å². The molecule has 1 aromatic carbocycles.